The third-order valence-corrected chi connectivity index (χ3v) is 2.44. The molecule has 0 radical (unpaired) electrons. The number of aliphatic hydroxyl groups is 1. The van der Waals surface area contributed by atoms with Gasteiger partial charge in [0.25, 0.3) is 0 Å². The molecule has 0 aliphatic rings. The van der Waals surface area contributed by atoms with E-state index in [0.717, 1.165) is 0 Å². The zero-order valence-electron chi connectivity index (χ0n) is 8.67. The average Bonchev–Trinajstić information content (AvgIpc) is 2.17. The summed E-state index contributed by atoms with van der Waals surface area (Å²) in [6.07, 6.45) is 0.469. The average molecular weight is 198 g/mol. The number of halogens is 1. The summed E-state index contributed by atoms with van der Waals surface area (Å²) < 4.78 is 18.4. The van der Waals surface area contributed by atoms with Gasteiger partial charge in [0.05, 0.1) is 12.7 Å². The highest BCUT2D eigenvalue weighted by Crippen LogP contribution is 2.28. The van der Waals surface area contributed by atoms with Crippen molar-refractivity contribution in [1.82, 2.24) is 0 Å². The Morgan fingerprint density at radius 3 is 2.57 bits per heavy atom. The molecule has 14 heavy (non-hydrogen) atoms. The molecule has 0 heterocycles. The summed E-state index contributed by atoms with van der Waals surface area (Å²) in [5.41, 5.74) is -0.808. The Kier molecular flexibility index (Phi) is 3.11. The molecule has 0 bridgehead atoms. The first-order valence-electron chi connectivity index (χ1n) is 4.57. The van der Waals surface area contributed by atoms with Gasteiger partial charge in [-0.25, -0.2) is 4.39 Å². The van der Waals surface area contributed by atoms with Crippen LogP contribution in [0.3, 0.4) is 0 Å². The van der Waals surface area contributed by atoms with E-state index in [4.69, 9.17) is 4.74 Å². The maximum atomic E-state index is 13.5. The summed E-state index contributed by atoms with van der Waals surface area (Å²) in [5, 5.41) is 9.86. The van der Waals surface area contributed by atoms with E-state index in [1.807, 2.05) is 6.92 Å². The van der Waals surface area contributed by atoms with E-state index >= 15 is 0 Å². The predicted octanol–water partition coefficient (Wildman–Crippen LogP) is 2.45. The lowest BCUT2D eigenvalue weighted by Gasteiger charge is -2.22. The standard InChI is InChI=1S/C11H15FO2/c1-4-11(2,13)9-6-5-8(14-3)7-10(9)12/h5-7,13H,4H2,1-3H3. The van der Waals surface area contributed by atoms with Crippen molar-refractivity contribution in [2.45, 2.75) is 25.9 Å². The Morgan fingerprint density at radius 1 is 1.50 bits per heavy atom. The minimum absolute atomic E-state index is 0.306. The van der Waals surface area contributed by atoms with Crippen molar-refractivity contribution in [3.63, 3.8) is 0 Å². The molecule has 0 saturated heterocycles. The normalized spacial score (nSPS) is 14.9. The molecule has 3 heteroatoms. The molecule has 0 spiro atoms. The van der Waals surface area contributed by atoms with Crippen LogP contribution in [0.15, 0.2) is 18.2 Å². The van der Waals surface area contributed by atoms with Gasteiger partial charge >= 0.3 is 0 Å². The summed E-state index contributed by atoms with van der Waals surface area (Å²) in [5.74, 6) is 0.0225. The molecule has 1 unspecified atom stereocenters. The smallest absolute Gasteiger partial charge is 0.132 e. The van der Waals surface area contributed by atoms with E-state index in [-0.39, 0.29) is 0 Å². The lowest BCUT2D eigenvalue weighted by Crippen LogP contribution is -2.21. The maximum absolute atomic E-state index is 13.5. The third kappa shape index (κ3) is 2.04. The van der Waals surface area contributed by atoms with Gasteiger partial charge in [0.1, 0.15) is 11.6 Å². The molecule has 0 saturated carbocycles. The highest BCUT2D eigenvalue weighted by atomic mass is 19.1. The van der Waals surface area contributed by atoms with Gasteiger partial charge in [-0.2, -0.15) is 0 Å². The molecule has 2 nitrogen and oxygen atoms in total. The van der Waals surface area contributed by atoms with E-state index in [9.17, 15) is 9.50 Å². The largest absolute Gasteiger partial charge is 0.497 e. The molecule has 0 aliphatic heterocycles. The quantitative estimate of drug-likeness (QED) is 0.808. The first-order valence-corrected chi connectivity index (χ1v) is 4.57. The SMILES string of the molecule is CCC(C)(O)c1ccc(OC)cc1F. The lowest BCUT2D eigenvalue weighted by atomic mass is 9.93. The fraction of sp³-hybridized carbons (Fsp3) is 0.455. The zero-order valence-corrected chi connectivity index (χ0v) is 8.67. The van der Waals surface area contributed by atoms with Crippen LogP contribution in [0.25, 0.3) is 0 Å². The summed E-state index contributed by atoms with van der Waals surface area (Å²) >= 11 is 0. The highest BCUT2D eigenvalue weighted by Gasteiger charge is 2.24. The zero-order chi connectivity index (χ0) is 10.8. The molecule has 0 amide bonds. The highest BCUT2D eigenvalue weighted by molar-refractivity contribution is 5.32. The molecule has 1 rings (SSSR count). The molecule has 1 atom stereocenters. The van der Waals surface area contributed by atoms with Crippen LogP contribution < -0.4 is 4.74 Å². The van der Waals surface area contributed by atoms with Crippen molar-refractivity contribution < 1.29 is 14.2 Å². The van der Waals surface area contributed by atoms with Gasteiger partial charge < -0.3 is 9.84 Å². The molecule has 0 aliphatic carbocycles. The Hall–Kier alpha value is -1.09. The van der Waals surface area contributed by atoms with Gasteiger partial charge in [-0.3, -0.25) is 0 Å². The van der Waals surface area contributed by atoms with Crippen LogP contribution in [0, 0.1) is 5.82 Å². The second-order valence-electron chi connectivity index (χ2n) is 3.47. The fourth-order valence-electron chi connectivity index (χ4n) is 1.25. The Labute approximate surface area is 83.3 Å². The van der Waals surface area contributed by atoms with Crippen LogP contribution >= 0.6 is 0 Å². The molecule has 1 aromatic rings. The van der Waals surface area contributed by atoms with E-state index < -0.39 is 11.4 Å². The second-order valence-corrected chi connectivity index (χ2v) is 3.47. The number of methoxy groups -OCH3 is 1. The van der Waals surface area contributed by atoms with Gasteiger partial charge in [0, 0.05) is 11.6 Å². The van der Waals surface area contributed by atoms with Crippen LogP contribution in [-0.2, 0) is 5.60 Å². The summed E-state index contributed by atoms with van der Waals surface area (Å²) in [6.45, 7) is 3.40. The molecular formula is C11H15FO2. The second kappa shape index (κ2) is 3.96. The lowest BCUT2D eigenvalue weighted by molar-refractivity contribution is 0.0492. The Bertz CT molecular complexity index is 321. The predicted molar refractivity (Wildman–Crippen MR) is 52.8 cm³/mol. The fourth-order valence-corrected chi connectivity index (χ4v) is 1.25. The number of benzene rings is 1. The number of ether oxygens (including phenoxy) is 1. The molecule has 1 N–H and O–H groups in total. The number of hydrogen-bond donors (Lipinski definition) is 1. The van der Waals surface area contributed by atoms with Crippen molar-refractivity contribution in [2.24, 2.45) is 0 Å². The minimum Gasteiger partial charge on any atom is -0.497 e. The van der Waals surface area contributed by atoms with Crippen molar-refractivity contribution in [2.75, 3.05) is 7.11 Å². The first kappa shape index (κ1) is 11.0. The first-order chi connectivity index (χ1) is 6.51. The van der Waals surface area contributed by atoms with Gasteiger partial charge in [-0.15, -0.1) is 0 Å². The van der Waals surface area contributed by atoms with Crippen LogP contribution in [0.1, 0.15) is 25.8 Å². The van der Waals surface area contributed by atoms with Gasteiger partial charge in [0.15, 0.2) is 0 Å². The molecule has 0 fully saturated rings. The maximum Gasteiger partial charge on any atom is 0.132 e. The summed E-state index contributed by atoms with van der Waals surface area (Å²) in [4.78, 5) is 0. The molecule has 78 valence electrons. The van der Waals surface area contributed by atoms with E-state index in [1.165, 1.54) is 13.2 Å². The van der Waals surface area contributed by atoms with Gasteiger partial charge in [0.2, 0.25) is 0 Å². The van der Waals surface area contributed by atoms with Gasteiger partial charge in [-0.05, 0) is 25.5 Å². The molecule has 0 aromatic heterocycles. The summed E-state index contributed by atoms with van der Waals surface area (Å²) in [6, 6.07) is 4.47. The number of rotatable bonds is 3. The van der Waals surface area contributed by atoms with E-state index in [2.05, 4.69) is 0 Å². The summed E-state index contributed by atoms with van der Waals surface area (Å²) in [7, 11) is 1.48. The molecular weight excluding hydrogens is 183 g/mol. The van der Waals surface area contributed by atoms with Crippen LogP contribution in [0.5, 0.6) is 5.75 Å². The van der Waals surface area contributed by atoms with Crippen molar-refractivity contribution >= 4 is 0 Å². The monoisotopic (exact) mass is 198 g/mol. The Morgan fingerprint density at radius 2 is 2.14 bits per heavy atom. The van der Waals surface area contributed by atoms with Crippen LogP contribution in [-0.4, -0.2) is 12.2 Å². The van der Waals surface area contributed by atoms with Crippen molar-refractivity contribution in [1.29, 1.82) is 0 Å². The van der Waals surface area contributed by atoms with E-state index in [1.54, 1.807) is 19.1 Å². The number of hydrogen-bond acceptors (Lipinski definition) is 2. The molecule has 1 aromatic carbocycles. The topological polar surface area (TPSA) is 29.5 Å². The van der Waals surface area contributed by atoms with Crippen molar-refractivity contribution in [3.05, 3.63) is 29.6 Å². The van der Waals surface area contributed by atoms with Crippen LogP contribution in [0.2, 0.25) is 0 Å². The third-order valence-electron chi connectivity index (χ3n) is 2.44. The Balaban J connectivity index is 3.12. The van der Waals surface area contributed by atoms with E-state index in [0.29, 0.717) is 17.7 Å². The minimum atomic E-state index is -1.11. The van der Waals surface area contributed by atoms with Crippen LogP contribution in [0.4, 0.5) is 4.39 Å². The van der Waals surface area contributed by atoms with Gasteiger partial charge in [-0.1, -0.05) is 6.92 Å². The van der Waals surface area contributed by atoms with Crippen molar-refractivity contribution in [3.8, 4) is 5.75 Å².